The van der Waals surface area contributed by atoms with Gasteiger partial charge in [-0.1, -0.05) is 42.8 Å². The summed E-state index contributed by atoms with van der Waals surface area (Å²) in [5, 5.41) is 12.6. The number of methoxy groups -OCH3 is 1. The number of carbonyl (C=O) groups is 1. The van der Waals surface area contributed by atoms with E-state index in [0.717, 1.165) is 5.56 Å². The molecule has 20 heavy (non-hydrogen) atoms. The van der Waals surface area contributed by atoms with Crippen molar-refractivity contribution in [3.8, 4) is 18.4 Å². The molecule has 4 heteroatoms. The van der Waals surface area contributed by atoms with Crippen LogP contribution in [0.15, 0.2) is 42.5 Å². The summed E-state index contributed by atoms with van der Waals surface area (Å²) in [7, 11) is 1.28. The van der Waals surface area contributed by atoms with Crippen LogP contribution in [0.25, 0.3) is 0 Å². The van der Waals surface area contributed by atoms with Crippen LogP contribution in [0.1, 0.15) is 12.0 Å². The fourth-order valence-corrected chi connectivity index (χ4v) is 1.87. The van der Waals surface area contributed by atoms with Crippen molar-refractivity contribution in [3.05, 3.63) is 48.0 Å². The molecule has 4 nitrogen and oxygen atoms in total. The van der Waals surface area contributed by atoms with E-state index in [9.17, 15) is 10.1 Å². The van der Waals surface area contributed by atoms with Crippen molar-refractivity contribution >= 4 is 5.97 Å². The molecule has 0 aliphatic carbocycles. The summed E-state index contributed by atoms with van der Waals surface area (Å²) >= 11 is 0. The smallest absolute Gasteiger partial charge is 0.333 e. The third-order valence-electron chi connectivity index (χ3n) is 2.90. The van der Waals surface area contributed by atoms with Crippen LogP contribution in [0.4, 0.5) is 0 Å². The van der Waals surface area contributed by atoms with Gasteiger partial charge in [0.15, 0.2) is 0 Å². The molecule has 1 unspecified atom stereocenters. The van der Waals surface area contributed by atoms with E-state index >= 15 is 0 Å². The average molecular weight is 268 g/mol. The van der Waals surface area contributed by atoms with Gasteiger partial charge in [-0.25, -0.2) is 4.79 Å². The Morgan fingerprint density at radius 3 is 2.65 bits per heavy atom. The number of esters is 1. The second kappa shape index (κ2) is 7.13. The van der Waals surface area contributed by atoms with E-state index in [1.807, 2.05) is 18.2 Å². The number of hydrogen-bond donors (Lipinski definition) is 1. The van der Waals surface area contributed by atoms with E-state index in [4.69, 9.17) is 6.42 Å². The highest BCUT2D eigenvalue weighted by atomic mass is 16.5. The van der Waals surface area contributed by atoms with E-state index in [0.29, 0.717) is 0 Å². The summed E-state index contributed by atoms with van der Waals surface area (Å²) in [6, 6.07) is 11.3. The van der Waals surface area contributed by atoms with Crippen LogP contribution >= 0.6 is 0 Å². The molecule has 1 N–H and O–H groups in total. The number of rotatable bonds is 6. The molecule has 1 aromatic rings. The lowest BCUT2D eigenvalue weighted by molar-refractivity contribution is -0.136. The molecule has 0 aliphatic rings. The van der Waals surface area contributed by atoms with E-state index in [-0.39, 0.29) is 18.5 Å². The maximum Gasteiger partial charge on any atom is 0.333 e. The molecule has 102 valence electrons. The molecular weight excluding hydrogens is 252 g/mol. The maximum absolute atomic E-state index is 11.5. The first-order valence-corrected chi connectivity index (χ1v) is 6.01. The van der Waals surface area contributed by atoms with Gasteiger partial charge in [0, 0.05) is 12.0 Å². The maximum atomic E-state index is 11.5. The molecule has 0 heterocycles. The van der Waals surface area contributed by atoms with Crippen LogP contribution < -0.4 is 5.32 Å². The normalized spacial score (nSPS) is 12.6. The first-order chi connectivity index (χ1) is 9.59. The first-order valence-electron chi connectivity index (χ1n) is 6.01. The van der Waals surface area contributed by atoms with Gasteiger partial charge >= 0.3 is 5.97 Å². The molecular formula is C16H16N2O2. The van der Waals surface area contributed by atoms with Crippen molar-refractivity contribution in [2.75, 3.05) is 13.7 Å². The number of nitrogens with zero attached hydrogens (tertiary/aromatic N) is 1. The summed E-state index contributed by atoms with van der Waals surface area (Å²) in [5.41, 5.74) is -0.163. The Morgan fingerprint density at radius 1 is 1.50 bits per heavy atom. The molecule has 1 aromatic carbocycles. The van der Waals surface area contributed by atoms with Gasteiger partial charge < -0.3 is 4.74 Å². The van der Waals surface area contributed by atoms with Crippen LogP contribution in [-0.2, 0) is 15.1 Å². The van der Waals surface area contributed by atoms with Crippen LogP contribution in [0.2, 0.25) is 0 Å². The molecule has 0 aromatic heterocycles. The zero-order valence-corrected chi connectivity index (χ0v) is 11.3. The fourth-order valence-electron chi connectivity index (χ4n) is 1.87. The van der Waals surface area contributed by atoms with Gasteiger partial charge in [0.1, 0.15) is 5.54 Å². The minimum atomic E-state index is -1.10. The molecule has 1 rings (SSSR count). The number of carbonyl (C=O) groups excluding carboxylic acids is 1. The van der Waals surface area contributed by atoms with Gasteiger partial charge in [-0.2, -0.15) is 5.26 Å². The van der Waals surface area contributed by atoms with Crippen LogP contribution in [0.3, 0.4) is 0 Å². The van der Waals surface area contributed by atoms with Gasteiger partial charge in [-0.3, -0.25) is 5.32 Å². The van der Waals surface area contributed by atoms with Gasteiger partial charge in [0.2, 0.25) is 0 Å². The van der Waals surface area contributed by atoms with Gasteiger partial charge in [0.25, 0.3) is 0 Å². The Labute approximate surface area is 119 Å². The fraction of sp³-hybridized carbons (Fsp3) is 0.250. The Bertz CT molecular complexity index is 566. The highest BCUT2D eigenvalue weighted by Gasteiger charge is 2.33. The van der Waals surface area contributed by atoms with Crippen molar-refractivity contribution in [1.82, 2.24) is 5.32 Å². The molecule has 0 fully saturated rings. The van der Waals surface area contributed by atoms with Crippen molar-refractivity contribution in [1.29, 1.82) is 5.26 Å². The van der Waals surface area contributed by atoms with Gasteiger partial charge in [0.05, 0.1) is 19.7 Å². The number of benzene rings is 1. The van der Waals surface area contributed by atoms with E-state index in [2.05, 4.69) is 28.6 Å². The van der Waals surface area contributed by atoms with Crippen molar-refractivity contribution in [2.24, 2.45) is 0 Å². The zero-order chi connectivity index (χ0) is 15.0. The van der Waals surface area contributed by atoms with Crippen molar-refractivity contribution in [2.45, 2.75) is 12.0 Å². The Balaban J connectivity index is 3.14. The molecule has 0 aliphatic heterocycles. The number of hydrogen-bond acceptors (Lipinski definition) is 4. The average Bonchev–Trinajstić information content (AvgIpc) is 2.51. The van der Waals surface area contributed by atoms with E-state index in [1.165, 1.54) is 7.11 Å². The van der Waals surface area contributed by atoms with Gasteiger partial charge in [-0.15, -0.1) is 6.42 Å². The SMILES string of the molecule is C#CCNC(C#N)(CC(=C)C(=O)OC)c1ccccc1. The number of ether oxygens (including phenoxy) is 1. The van der Waals surface area contributed by atoms with Crippen LogP contribution in [0, 0.1) is 23.7 Å². The first kappa shape index (κ1) is 15.5. The quantitative estimate of drug-likeness (QED) is 0.485. The Hall–Kier alpha value is -2.56. The molecule has 0 bridgehead atoms. The summed E-state index contributed by atoms with van der Waals surface area (Å²) in [6.45, 7) is 3.88. The third kappa shape index (κ3) is 3.47. The summed E-state index contributed by atoms with van der Waals surface area (Å²) < 4.78 is 4.63. The minimum absolute atomic E-state index is 0.0991. The second-order valence-corrected chi connectivity index (χ2v) is 4.21. The Morgan fingerprint density at radius 2 is 2.15 bits per heavy atom. The molecule has 0 amide bonds. The van der Waals surface area contributed by atoms with E-state index < -0.39 is 11.5 Å². The highest BCUT2D eigenvalue weighted by molar-refractivity contribution is 5.88. The summed E-state index contributed by atoms with van der Waals surface area (Å²) in [4.78, 5) is 11.5. The minimum Gasteiger partial charge on any atom is -0.466 e. The largest absolute Gasteiger partial charge is 0.466 e. The number of nitriles is 1. The lowest BCUT2D eigenvalue weighted by Crippen LogP contribution is -2.42. The number of nitrogens with one attached hydrogen (secondary N) is 1. The Kier molecular flexibility index (Phi) is 5.53. The third-order valence-corrected chi connectivity index (χ3v) is 2.90. The number of terminal acetylenes is 1. The predicted octanol–water partition coefficient (Wildman–Crippen LogP) is 1.75. The lowest BCUT2D eigenvalue weighted by atomic mass is 9.85. The van der Waals surface area contributed by atoms with Crippen molar-refractivity contribution < 1.29 is 9.53 Å². The summed E-state index contributed by atoms with van der Waals surface area (Å²) in [6.07, 6.45) is 5.35. The molecule has 0 spiro atoms. The highest BCUT2D eigenvalue weighted by Crippen LogP contribution is 2.28. The topological polar surface area (TPSA) is 62.1 Å². The molecule has 0 saturated heterocycles. The molecule has 0 saturated carbocycles. The zero-order valence-electron chi connectivity index (χ0n) is 11.3. The molecule has 1 atom stereocenters. The van der Waals surface area contributed by atoms with Gasteiger partial charge in [-0.05, 0) is 5.56 Å². The lowest BCUT2D eigenvalue weighted by Gasteiger charge is -2.28. The van der Waals surface area contributed by atoms with Crippen molar-refractivity contribution in [3.63, 3.8) is 0 Å². The molecule has 0 radical (unpaired) electrons. The second-order valence-electron chi connectivity index (χ2n) is 4.21. The summed E-state index contributed by atoms with van der Waals surface area (Å²) in [5.74, 6) is 1.90. The van der Waals surface area contributed by atoms with Crippen LogP contribution in [0.5, 0.6) is 0 Å². The standard InChI is InChI=1S/C16H16N2O2/c1-4-10-18-16(12-17,11-13(2)15(19)20-3)14-8-6-5-7-9-14/h1,5-9,18H,2,10-11H2,3H3. The van der Waals surface area contributed by atoms with Crippen LogP contribution in [-0.4, -0.2) is 19.6 Å². The monoisotopic (exact) mass is 268 g/mol. The predicted molar refractivity (Wildman–Crippen MR) is 76.3 cm³/mol. The van der Waals surface area contributed by atoms with E-state index in [1.54, 1.807) is 12.1 Å².